The van der Waals surface area contributed by atoms with Crippen molar-refractivity contribution in [1.29, 1.82) is 0 Å². The monoisotopic (exact) mass is 489 g/mol. The average Bonchev–Trinajstić information content (AvgIpc) is 3.16. The van der Waals surface area contributed by atoms with Crippen LogP contribution in [0, 0.1) is 6.92 Å². The molecule has 3 unspecified atom stereocenters. The Bertz CT molecular complexity index is 1290. The zero-order valence-electron chi connectivity index (χ0n) is 20.3. The number of fused-ring (bicyclic) bond motifs is 3. The summed E-state index contributed by atoms with van der Waals surface area (Å²) in [5.41, 5.74) is 5.76. The summed E-state index contributed by atoms with van der Waals surface area (Å²) in [5, 5.41) is 0.487. The largest absolute Gasteiger partial charge is 0.465 e. The Kier molecular flexibility index (Phi) is 6.16. The van der Waals surface area contributed by atoms with Gasteiger partial charge in [0, 0.05) is 17.7 Å². The molecule has 1 saturated heterocycles. The molecule has 6 heteroatoms. The maximum absolute atomic E-state index is 13.7. The maximum atomic E-state index is 13.7. The number of nitrogens with zero attached hydrogens (tertiary/aromatic N) is 2. The average molecular weight is 490 g/mol. The first-order chi connectivity index (χ1) is 16.8. The third kappa shape index (κ3) is 4.35. The number of halogens is 1. The Morgan fingerprint density at radius 3 is 2.54 bits per heavy atom. The summed E-state index contributed by atoms with van der Waals surface area (Å²) in [5.74, 6) is -0.0916. The van der Waals surface area contributed by atoms with Gasteiger partial charge < -0.3 is 14.1 Å². The van der Waals surface area contributed by atoms with Gasteiger partial charge in [0.25, 0.3) is 5.91 Å². The molecule has 0 radical (unpaired) electrons. The zero-order valence-corrected chi connectivity index (χ0v) is 21.1. The number of rotatable bonds is 4. The number of aryl methyl sites for hydroxylation is 1. The van der Waals surface area contributed by atoms with Crippen molar-refractivity contribution in [2.24, 2.45) is 0 Å². The van der Waals surface area contributed by atoms with E-state index in [2.05, 4.69) is 32.2 Å². The Balaban J connectivity index is 1.43. The summed E-state index contributed by atoms with van der Waals surface area (Å²) in [6.45, 7) is 4.86. The molecular formula is C29H30ClN2O3+. The lowest BCUT2D eigenvalue weighted by atomic mass is 9.87. The second-order valence-corrected chi connectivity index (χ2v) is 10.5. The molecule has 2 aliphatic heterocycles. The third-order valence-corrected chi connectivity index (χ3v) is 7.83. The van der Waals surface area contributed by atoms with Crippen molar-refractivity contribution in [2.75, 3.05) is 32.1 Å². The first-order valence-corrected chi connectivity index (χ1v) is 12.4. The smallest absolute Gasteiger partial charge is 0.337 e. The van der Waals surface area contributed by atoms with Crippen LogP contribution in [-0.2, 0) is 11.3 Å². The molecule has 2 heterocycles. The van der Waals surface area contributed by atoms with Crippen LogP contribution in [0.5, 0.6) is 0 Å². The normalized spacial score (nSPS) is 22.9. The summed E-state index contributed by atoms with van der Waals surface area (Å²) in [7, 11) is 3.69. The minimum Gasteiger partial charge on any atom is -0.465 e. The highest BCUT2D eigenvalue weighted by atomic mass is 35.5. The minimum absolute atomic E-state index is 0.0253. The lowest BCUT2D eigenvalue weighted by molar-refractivity contribution is -0.928. The molecule has 0 spiro atoms. The standard InChI is InChI=1S/C29H30ClN2O3/c1-19-8-13-26-23(16-19)24-18-32(2,17-20-9-11-21(12-10-20)29(34)35-3)15-14-27(24)31(26)28(33)22-6-4-5-7-25(22)30/h4-13,16,24,27H,14-15,17-18H2,1-3H3/q+1. The van der Waals surface area contributed by atoms with E-state index in [4.69, 9.17) is 16.3 Å². The summed E-state index contributed by atoms with van der Waals surface area (Å²) in [6, 6.07) is 21.5. The third-order valence-electron chi connectivity index (χ3n) is 7.50. The van der Waals surface area contributed by atoms with Crippen molar-refractivity contribution in [3.63, 3.8) is 0 Å². The Morgan fingerprint density at radius 2 is 1.83 bits per heavy atom. The van der Waals surface area contributed by atoms with Crippen molar-refractivity contribution >= 4 is 29.2 Å². The molecular weight excluding hydrogens is 460 g/mol. The SMILES string of the molecule is COC(=O)c1ccc(C[N+]2(C)CCC3C(C2)c2cc(C)ccc2N3C(=O)c2ccccc2Cl)cc1. The molecule has 0 N–H and O–H groups in total. The summed E-state index contributed by atoms with van der Waals surface area (Å²) in [6.07, 6.45) is 0.908. The van der Waals surface area contributed by atoms with Crippen LogP contribution in [0.15, 0.2) is 66.7 Å². The molecule has 2 aliphatic rings. The van der Waals surface area contributed by atoms with Crippen molar-refractivity contribution in [3.8, 4) is 0 Å². The molecule has 5 rings (SSSR count). The second-order valence-electron chi connectivity index (χ2n) is 10.1. The van der Waals surface area contributed by atoms with Gasteiger partial charge in [-0.3, -0.25) is 4.79 Å². The van der Waals surface area contributed by atoms with E-state index in [0.29, 0.717) is 16.1 Å². The molecule has 3 atom stereocenters. The number of carbonyl (C=O) groups excluding carboxylic acids is 2. The van der Waals surface area contributed by atoms with Gasteiger partial charge in [-0.1, -0.05) is 53.6 Å². The molecule has 3 aromatic rings. The first kappa shape index (κ1) is 23.6. The van der Waals surface area contributed by atoms with Crippen LogP contribution in [0.2, 0.25) is 5.02 Å². The van der Waals surface area contributed by atoms with Crippen LogP contribution < -0.4 is 4.90 Å². The quantitative estimate of drug-likeness (QED) is 0.354. The Hall–Kier alpha value is -3.15. The number of anilines is 1. The van der Waals surface area contributed by atoms with Crippen LogP contribution in [0.1, 0.15) is 49.7 Å². The number of hydrogen-bond acceptors (Lipinski definition) is 3. The van der Waals surface area contributed by atoms with E-state index in [1.807, 2.05) is 47.4 Å². The fourth-order valence-corrected chi connectivity index (χ4v) is 6.01. The topological polar surface area (TPSA) is 46.6 Å². The number of carbonyl (C=O) groups is 2. The van der Waals surface area contributed by atoms with Crippen LogP contribution in [-0.4, -0.2) is 49.6 Å². The fourth-order valence-electron chi connectivity index (χ4n) is 5.79. The number of likely N-dealkylation sites (N-methyl/N-ethyl adjacent to an activating group) is 1. The van der Waals surface area contributed by atoms with E-state index >= 15 is 0 Å². The number of likely N-dealkylation sites (tertiary alicyclic amines) is 1. The molecule has 1 fully saturated rings. The predicted octanol–water partition coefficient (Wildman–Crippen LogP) is 5.60. The van der Waals surface area contributed by atoms with Gasteiger partial charge >= 0.3 is 5.97 Å². The second kappa shape index (κ2) is 9.14. The molecule has 0 saturated carbocycles. The fraction of sp³-hybridized carbons (Fsp3) is 0.310. The Morgan fingerprint density at radius 1 is 1.09 bits per heavy atom. The van der Waals surface area contributed by atoms with E-state index in [9.17, 15) is 9.59 Å². The molecule has 0 aliphatic carbocycles. The van der Waals surface area contributed by atoms with Crippen molar-refractivity contribution in [3.05, 3.63) is 99.6 Å². The van der Waals surface area contributed by atoms with Crippen LogP contribution in [0.25, 0.3) is 0 Å². The highest BCUT2D eigenvalue weighted by molar-refractivity contribution is 6.34. The highest BCUT2D eigenvalue weighted by Gasteiger charge is 2.49. The van der Waals surface area contributed by atoms with E-state index in [1.54, 1.807) is 6.07 Å². The van der Waals surface area contributed by atoms with Gasteiger partial charge in [-0.25, -0.2) is 4.79 Å². The lowest BCUT2D eigenvalue weighted by Gasteiger charge is -2.44. The minimum atomic E-state index is -0.320. The number of benzene rings is 3. The van der Waals surface area contributed by atoms with Gasteiger partial charge in [0.05, 0.1) is 55.4 Å². The molecule has 0 bridgehead atoms. The van der Waals surface area contributed by atoms with Gasteiger partial charge in [-0.15, -0.1) is 0 Å². The molecule has 3 aromatic carbocycles. The van der Waals surface area contributed by atoms with Crippen LogP contribution >= 0.6 is 11.6 Å². The number of esters is 1. The number of methoxy groups -OCH3 is 1. The summed E-state index contributed by atoms with van der Waals surface area (Å²) < 4.78 is 5.70. The molecule has 1 amide bonds. The molecule has 35 heavy (non-hydrogen) atoms. The first-order valence-electron chi connectivity index (χ1n) is 12.0. The van der Waals surface area contributed by atoms with E-state index in [0.717, 1.165) is 36.2 Å². The van der Waals surface area contributed by atoms with Crippen molar-refractivity contribution in [2.45, 2.75) is 31.8 Å². The van der Waals surface area contributed by atoms with Crippen LogP contribution in [0.4, 0.5) is 5.69 Å². The van der Waals surface area contributed by atoms with Gasteiger partial charge in [0.15, 0.2) is 0 Å². The van der Waals surface area contributed by atoms with Crippen molar-refractivity contribution in [1.82, 2.24) is 0 Å². The molecule has 0 aromatic heterocycles. The highest BCUT2D eigenvalue weighted by Crippen LogP contribution is 2.47. The number of quaternary nitrogens is 1. The number of amides is 1. The molecule has 180 valence electrons. The predicted molar refractivity (Wildman–Crippen MR) is 138 cm³/mol. The molecule has 5 nitrogen and oxygen atoms in total. The van der Waals surface area contributed by atoms with Crippen LogP contribution in [0.3, 0.4) is 0 Å². The lowest BCUT2D eigenvalue weighted by Crippen LogP contribution is -2.56. The number of piperidine rings is 1. The van der Waals surface area contributed by atoms with E-state index in [1.165, 1.54) is 23.8 Å². The summed E-state index contributed by atoms with van der Waals surface area (Å²) in [4.78, 5) is 27.5. The van der Waals surface area contributed by atoms with Gasteiger partial charge in [-0.05, 0) is 42.8 Å². The Labute approximate surface area is 211 Å². The summed E-state index contributed by atoms with van der Waals surface area (Å²) >= 11 is 6.42. The number of hydrogen-bond donors (Lipinski definition) is 0. The van der Waals surface area contributed by atoms with E-state index < -0.39 is 0 Å². The van der Waals surface area contributed by atoms with Gasteiger partial charge in [0.1, 0.15) is 6.54 Å². The zero-order chi connectivity index (χ0) is 24.7. The van der Waals surface area contributed by atoms with Gasteiger partial charge in [-0.2, -0.15) is 0 Å². The van der Waals surface area contributed by atoms with Gasteiger partial charge in [0.2, 0.25) is 0 Å². The number of ether oxygens (including phenoxy) is 1. The van der Waals surface area contributed by atoms with E-state index in [-0.39, 0.29) is 23.8 Å². The maximum Gasteiger partial charge on any atom is 0.337 e. The van der Waals surface area contributed by atoms with Crippen molar-refractivity contribution < 1.29 is 18.8 Å².